The predicted octanol–water partition coefficient (Wildman–Crippen LogP) is 4.70. The third-order valence-electron chi connectivity index (χ3n) is 4.38. The number of benzene rings is 2. The molecule has 2 aromatic rings. The minimum absolute atomic E-state index is 0.0697. The maximum absolute atomic E-state index is 14.3. The van der Waals surface area contributed by atoms with Crippen molar-refractivity contribution in [3.63, 3.8) is 0 Å². The van der Waals surface area contributed by atoms with Gasteiger partial charge in [-0.25, -0.2) is 13.2 Å². The predicted molar refractivity (Wildman–Crippen MR) is 126 cm³/mol. The number of carbonyl (C=O) groups is 1. The molecule has 1 aliphatic heterocycles. The van der Waals surface area contributed by atoms with Crippen molar-refractivity contribution in [1.82, 2.24) is 4.90 Å². The Morgan fingerprint density at radius 2 is 1.81 bits per heavy atom. The summed E-state index contributed by atoms with van der Waals surface area (Å²) >= 11 is 1.78. The van der Waals surface area contributed by atoms with Crippen molar-refractivity contribution >= 4 is 29.0 Å². The van der Waals surface area contributed by atoms with E-state index in [4.69, 9.17) is 5.73 Å². The maximum atomic E-state index is 14.3. The molecule has 4 N–H and O–H groups in total. The second kappa shape index (κ2) is 12.7. The number of aliphatic hydroxyl groups is 1. The number of nitrogens with zero attached hydrogens (tertiary/aromatic N) is 1. The number of β-amino-alcohol motifs (C(OH)–C–C–N with tert-alkyl or cyclic N) is 1. The molecule has 0 bridgehead atoms. The van der Waals surface area contributed by atoms with Gasteiger partial charge in [-0.1, -0.05) is 19.9 Å². The Morgan fingerprint density at radius 3 is 2.28 bits per heavy atom. The average molecular weight is 472 g/mol. The van der Waals surface area contributed by atoms with E-state index in [1.807, 2.05) is 20.1 Å². The molecule has 2 aromatic carbocycles. The minimum atomic E-state index is -1.27. The number of rotatable bonds is 5. The zero-order valence-corrected chi connectivity index (χ0v) is 20.0. The third kappa shape index (κ3) is 7.43. The van der Waals surface area contributed by atoms with Crippen LogP contribution in [-0.4, -0.2) is 53.2 Å². The molecule has 0 saturated carbocycles. The lowest BCUT2D eigenvalue weighted by Crippen LogP contribution is -2.61. The van der Waals surface area contributed by atoms with Gasteiger partial charge < -0.3 is 21.1 Å². The Balaban J connectivity index is 0.000000646. The Bertz CT molecular complexity index is 900. The van der Waals surface area contributed by atoms with Crippen LogP contribution < -0.4 is 11.1 Å². The molecular formula is C23H32F3N3O2S. The fourth-order valence-corrected chi connectivity index (χ4v) is 3.15. The molecule has 1 aliphatic rings. The number of nitrogens with one attached hydrogen (secondary N) is 1. The highest BCUT2D eigenvalue weighted by atomic mass is 32.2. The zero-order chi connectivity index (χ0) is 24.5. The number of thioether (sulfide) groups is 1. The fourth-order valence-electron chi connectivity index (χ4n) is 2.92. The van der Waals surface area contributed by atoms with Crippen LogP contribution in [0.1, 0.15) is 36.7 Å². The van der Waals surface area contributed by atoms with Crippen molar-refractivity contribution in [1.29, 1.82) is 0 Å². The second-order valence-electron chi connectivity index (χ2n) is 7.33. The molecular weight excluding hydrogens is 439 g/mol. The molecule has 0 unspecified atom stereocenters. The molecule has 5 nitrogen and oxygen atoms in total. The number of hydrogen-bond donors (Lipinski definition) is 3. The van der Waals surface area contributed by atoms with Gasteiger partial charge in [0.15, 0.2) is 11.6 Å². The number of aryl methyl sites for hydroxylation is 1. The Hall–Kier alpha value is -2.23. The number of hydrogen-bond acceptors (Lipinski definition) is 5. The van der Waals surface area contributed by atoms with Gasteiger partial charge in [0, 0.05) is 12.3 Å². The van der Waals surface area contributed by atoms with E-state index in [0.29, 0.717) is 5.56 Å². The van der Waals surface area contributed by atoms with E-state index in [1.54, 1.807) is 31.7 Å². The Kier molecular flexibility index (Phi) is 11.0. The SMILES string of the molecule is CC.CSCCN.Cc1ccc(Nc2c(C(=O)N3CC(C)(O)C3)ccc(F)c2F)c(F)c1. The van der Waals surface area contributed by atoms with Gasteiger partial charge in [0.1, 0.15) is 5.82 Å². The van der Waals surface area contributed by atoms with Crippen molar-refractivity contribution < 1.29 is 23.1 Å². The first-order chi connectivity index (χ1) is 15.1. The number of likely N-dealkylation sites (tertiary alicyclic amines) is 1. The molecule has 0 aromatic heterocycles. The molecule has 178 valence electrons. The monoisotopic (exact) mass is 471 g/mol. The number of nitrogens with two attached hydrogens (primary N) is 1. The first-order valence-corrected chi connectivity index (χ1v) is 11.7. The summed E-state index contributed by atoms with van der Waals surface area (Å²) < 4.78 is 41.9. The lowest BCUT2D eigenvalue weighted by molar-refractivity contribution is -0.0668. The van der Waals surface area contributed by atoms with Crippen LogP contribution in [0.15, 0.2) is 30.3 Å². The summed E-state index contributed by atoms with van der Waals surface area (Å²) in [4.78, 5) is 13.8. The largest absolute Gasteiger partial charge is 0.386 e. The minimum Gasteiger partial charge on any atom is -0.386 e. The molecule has 0 radical (unpaired) electrons. The van der Waals surface area contributed by atoms with Crippen LogP contribution in [0.2, 0.25) is 0 Å². The van der Waals surface area contributed by atoms with Gasteiger partial charge in [0.2, 0.25) is 0 Å². The van der Waals surface area contributed by atoms with Crippen LogP contribution >= 0.6 is 11.8 Å². The van der Waals surface area contributed by atoms with Gasteiger partial charge >= 0.3 is 0 Å². The van der Waals surface area contributed by atoms with Crippen LogP contribution in [-0.2, 0) is 0 Å². The smallest absolute Gasteiger partial charge is 0.256 e. The van der Waals surface area contributed by atoms with Crippen LogP contribution in [0.4, 0.5) is 24.5 Å². The summed E-state index contributed by atoms with van der Waals surface area (Å²) in [5.74, 6) is -2.55. The quantitative estimate of drug-likeness (QED) is 0.589. The molecule has 0 atom stereocenters. The van der Waals surface area contributed by atoms with E-state index < -0.39 is 34.6 Å². The van der Waals surface area contributed by atoms with Crippen molar-refractivity contribution in [2.24, 2.45) is 5.73 Å². The Morgan fingerprint density at radius 1 is 1.19 bits per heavy atom. The van der Waals surface area contributed by atoms with Gasteiger partial charge in [-0.3, -0.25) is 4.79 Å². The van der Waals surface area contributed by atoms with Crippen molar-refractivity contribution in [3.05, 3.63) is 58.9 Å². The fraction of sp³-hybridized carbons (Fsp3) is 0.435. The third-order valence-corrected chi connectivity index (χ3v) is 5.03. The number of anilines is 2. The lowest BCUT2D eigenvalue weighted by atomic mass is 9.95. The highest BCUT2D eigenvalue weighted by molar-refractivity contribution is 7.98. The topological polar surface area (TPSA) is 78.6 Å². The lowest BCUT2D eigenvalue weighted by Gasteiger charge is -2.44. The standard InChI is InChI=1S/C18H17F3N2O2.C3H9NS.C2H6/c1-10-3-6-14(13(20)7-10)22-16-11(4-5-12(19)15(16)21)17(24)23-8-18(2,25)9-23;1-5-3-2-4;1-2/h3-7,22,25H,8-9H2,1-2H3;2-4H2,1H3;1-2H3. The average Bonchev–Trinajstić information content (AvgIpc) is 2.73. The van der Waals surface area contributed by atoms with Gasteiger partial charge in [-0.15, -0.1) is 0 Å². The molecule has 1 fully saturated rings. The summed E-state index contributed by atoms with van der Waals surface area (Å²) in [5.41, 5.74) is 4.16. The summed E-state index contributed by atoms with van der Waals surface area (Å²) in [6.07, 6.45) is 2.05. The zero-order valence-electron chi connectivity index (χ0n) is 19.1. The van der Waals surface area contributed by atoms with E-state index in [2.05, 4.69) is 5.32 Å². The van der Waals surface area contributed by atoms with Gasteiger partial charge in [0.25, 0.3) is 5.91 Å². The highest BCUT2D eigenvalue weighted by Gasteiger charge is 2.40. The van der Waals surface area contributed by atoms with E-state index in [0.717, 1.165) is 24.4 Å². The van der Waals surface area contributed by atoms with E-state index in [9.17, 15) is 23.1 Å². The molecule has 9 heteroatoms. The molecule has 1 amide bonds. The van der Waals surface area contributed by atoms with Crippen molar-refractivity contribution in [3.8, 4) is 0 Å². The summed E-state index contributed by atoms with van der Waals surface area (Å²) in [5, 5.41) is 12.2. The first kappa shape index (κ1) is 27.8. The summed E-state index contributed by atoms with van der Waals surface area (Å²) in [7, 11) is 0. The maximum Gasteiger partial charge on any atom is 0.256 e. The van der Waals surface area contributed by atoms with Gasteiger partial charge in [-0.2, -0.15) is 11.8 Å². The molecule has 1 saturated heterocycles. The number of carbonyl (C=O) groups excluding carboxylic acids is 1. The van der Waals surface area contributed by atoms with Crippen molar-refractivity contribution in [2.45, 2.75) is 33.3 Å². The normalized spacial score (nSPS) is 13.8. The van der Waals surface area contributed by atoms with E-state index in [1.165, 1.54) is 17.0 Å². The second-order valence-corrected chi connectivity index (χ2v) is 8.32. The van der Waals surface area contributed by atoms with Crippen molar-refractivity contribution in [2.75, 3.05) is 37.0 Å². The van der Waals surface area contributed by atoms with Crippen LogP contribution in [0, 0.1) is 24.4 Å². The number of amides is 1. The number of halogens is 3. The molecule has 32 heavy (non-hydrogen) atoms. The summed E-state index contributed by atoms with van der Waals surface area (Å²) in [6.45, 7) is 8.25. The molecule has 1 heterocycles. The van der Waals surface area contributed by atoms with Gasteiger partial charge in [0.05, 0.1) is 35.6 Å². The molecule has 0 spiro atoms. The first-order valence-electron chi connectivity index (χ1n) is 10.3. The van der Waals surface area contributed by atoms with Gasteiger partial charge in [-0.05, 0) is 49.9 Å². The van der Waals surface area contributed by atoms with Crippen LogP contribution in [0.25, 0.3) is 0 Å². The molecule has 3 rings (SSSR count). The molecule has 0 aliphatic carbocycles. The van der Waals surface area contributed by atoms with E-state index >= 15 is 0 Å². The van der Waals surface area contributed by atoms with Crippen LogP contribution in [0.5, 0.6) is 0 Å². The van der Waals surface area contributed by atoms with Crippen LogP contribution in [0.3, 0.4) is 0 Å². The Labute approximate surface area is 192 Å². The van der Waals surface area contributed by atoms with E-state index in [-0.39, 0.29) is 24.3 Å². The highest BCUT2D eigenvalue weighted by Crippen LogP contribution is 2.31. The summed E-state index contributed by atoms with van der Waals surface area (Å²) in [6, 6.07) is 6.22.